The molecule has 200 valence electrons. The highest BCUT2D eigenvalue weighted by atomic mass is 16.5. The van der Waals surface area contributed by atoms with Crippen LogP contribution in [0.5, 0.6) is 5.75 Å². The predicted molar refractivity (Wildman–Crippen MR) is 132 cm³/mol. The molecule has 0 aliphatic rings. The van der Waals surface area contributed by atoms with Crippen molar-refractivity contribution in [2.75, 3.05) is 20.2 Å². The third-order valence-corrected chi connectivity index (χ3v) is 5.16. The summed E-state index contributed by atoms with van der Waals surface area (Å²) in [5, 5.41) is 25.7. The van der Waals surface area contributed by atoms with Crippen LogP contribution in [0.1, 0.15) is 44.6 Å². The Morgan fingerprint density at radius 2 is 1.78 bits per heavy atom. The van der Waals surface area contributed by atoms with E-state index >= 15 is 0 Å². The van der Waals surface area contributed by atoms with Gasteiger partial charge in [0, 0.05) is 25.9 Å². The number of benzene rings is 1. The first-order chi connectivity index (χ1) is 17.1. The summed E-state index contributed by atoms with van der Waals surface area (Å²) in [6.07, 6.45) is 0.956. The lowest BCUT2D eigenvalue weighted by Gasteiger charge is -2.26. The maximum atomic E-state index is 13.2. The molecule has 9 N–H and O–H groups in total. The minimum absolute atomic E-state index is 0.0611. The van der Waals surface area contributed by atoms with E-state index in [4.69, 9.17) is 17.0 Å². The molecule has 2 atom stereocenters. The summed E-state index contributed by atoms with van der Waals surface area (Å²) in [5.41, 5.74) is 5.96. The molecule has 0 aliphatic carbocycles. The number of phenols is 1. The number of methoxy groups -OCH3 is 1. The number of amides is 3. The molecule has 0 aliphatic heterocycles. The van der Waals surface area contributed by atoms with Gasteiger partial charge in [-0.1, -0.05) is 19.1 Å². The number of aromatic hydroxyl groups is 1. The molecule has 0 saturated carbocycles. The Kier molecular flexibility index (Phi) is 13.3. The summed E-state index contributed by atoms with van der Waals surface area (Å²) >= 11 is 0. The van der Waals surface area contributed by atoms with Crippen LogP contribution in [0.3, 0.4) is 0 Å². The van der Waals surface area contributed by atoms with E-state index in [-0.39, 0.29) is 43.9 Å². The van der Waals surface area contributed by atoms with Crippen molar-refractivity contribution in [2.24, 2.45) is 11.6 Å². The Bertz CT molecular complexity index is 893. The largest absolute Gasteiger partial charge is 0.508 e. The highest BCUT2D eigenvalue weighted by Crippen LogP contribution is 2.13. The van der Waals surface area contributed by atoms with Gasteiger partial charge in [-0.05, 0) is 37.0 Å². The van der Waals surface area contributed by atoms with E-state index in [1.165, 1.54) is 19.2 Å². The molecule has 13 heteroatoms. The number of guanidine groups is 1. The lowest BCUT2D eigenvalue weighted by Crippen LogP contribution is -2.56. The number of phenolic OH excluding ortho intramolecular Hbond substituents is 1. The van der Waals surface area contributed by atoms with Crippen LogP contribution in [0.4, 0.5) is 0 Å². The maximum absolute atomic E-state index is 13.2. The molecule has 0 bridgehead atoms. The van der Waals surface area contributed by atoms with Crippen molar-refractivity contribution in [2.45, 2.75) is 57.5 Å². The molecule has 0 aromatic heterocycles. The van der Waals surface area contributed by atoms with E-state index in [1.807, 2.05) is 6.92 Å². The molecule has 0 unspecified atom stereocenters. The van der Waals surface area contributed by atoms with E-state index in [2.05, 4.69) is 20.7 Å². The lowest BCUT2D eigenvalue weighted by atomic mass is 10.0. The molecule has 0 fully saturated rings. The van der Waals surface area contributed by atoms with Gasteiger partial charge in [0.2, 0.25) is 11.8 Å². The van der Waals surface area contributed by atoms with Crippen LogP contribution in [0, 0.1) is 5.41 Å². The number of hydrogen-bond donors (Lipinski definition) is 7. The number of nitrogens with two attached hydrogens (primary N) is 2. The van der Waals surface area contributed by atoms with Gasteiger partial charge >= 0.3 is 5.97 Å². The average Bonchev–Trinajstić information content (AvgIpc) is 2.84. The zero-order valence-electron chi connectivity index (χ0n) is 20.7. The second-order valence-corrected chi connectivity index (χ2v) is 8.14. The number of nitrogens with zero attached hydrogens (tertiary/aromatic N) is 1. The van der Waals surface area contributed by atoms with Gasteiger partial charge in [0.1, 0.15) is 17.8 Å². The van der Waals surface area contributed by atoms with Crippen LogP contribution in [0.25, 0.3) is 0 Å². The van der Waals surface area contributed by atoms with Crippen LogP contribution in [0.2, 0.25) is 0 Å². The number of carbonyl (C=O) groups excluding carboxylic acids is 4. The Morgan fingerprint density at radius 3 is 2.36 bits per heavy atom. The zero-order valence-corrected chi connectivity index (χ0v) is 20.7. The third kappa shape index (κ3) is 11.5. The van der Waals surface area contributed by atoms with Crippen molar-refractivity contribution in [3.05, 3.63) is 29.8 Å². The smallest absolute Gasteiger partial charge is 0.306 e. The van der Waals surface area contributed by atoms with Gasteiger partial charge in [-0.15, -0.1) is 0 Å². The van der Waals surface area contributed by atoms with Crippen LogP contribution in [0.15, 0.2) is 24.3 Å². The van der Waals surface area contributed by atoms with Gasteiger partial charge in [-0.3, -0.25) is 29.6 Å². The Balaban J connectivity index is 3.01. The quantitative estimate of drug-likeness (QED) is 0.0301. The molecule has 36 heavy (non-hydrogen) atoms. The van der Waals surface area contributed by atoms with E-state index in [1.54, 1.807) is 12.1 Å². The molecule has 1 rings (SSSR count). The fraction of sp³-hybridized carbons (Fsp3) is 0.522. The number of ether oxygens (including phenoxy) is 1. The summed E-state index contributed by atoms with van der Waals surface area (Å²) in [5.74, 6) is 3.51. The first-order valence-corrected chi connectivity index (χ1v) is 11.7. The van der Waals surface area contributed by atoms with Gasteiger partial charge in [0.25, 0.3) is 5.91 Å². The first kappa shape index (κ1) is 30.2. The van der Waals surface area contributed by atoms with Gasteiger partial charge in [0.15, 0.2) is 5.96 Å². The van der Waals surface area contributed by atoms with Crippen molar-refractivity contribution in [3.63, 3.8) is 0 Å². The fourth-order valence-electron chi connectivity index (χ4n) is 3.27. The molecule has 0 spiro atoms. The summed E-state index contributed by atoms with van der Waals surface area (Å²) in [6.45, 7) is 2.43. The number of hydrogen-bond acceptors (Lipinski definition) is 8. The fourth-order valence-corrected chi connectivity index (χ4v) is 3.27. The van der Waals surface area contributed by atoms with Gasteiger partial charge < -0.3 is 31.5 Å². The summed E-state index contributed by atoms with van der Waals surface area (Å²) in [6, 6.07) is 4.15. The van der Waals surface area contributed by atoms with Crippen LogP contribution in [-0.2, 0) is 30.3 Å². The summed E-state index contributed by atoms with van der Waals surface area (Å²) in [4.78, 5) is 49.9. The van der Waals surface area contributed by atoms with Crippen molar-refractivity contribution in [3.8, 4) is 5.75 Å². The zero-order chi connectivity index (χ0) is 27.1. The van der Waals surface area contributed by atoms with Crippen LogP contribution < -0.4 is 27.5 Å². The molecule has 1 aromatic rings. The summed E-state index contributed by atoms with van der Waals surface area (Å²) in [7, 11) is 1.21. The van der Waals surface area contributed by atoms with E-state index in [0.717, 1.165) is 5.01 Å². The predicted octanol–water partition coefficient (Wildman–Crippen LogP) is -0.767. The number of nitrogens with one attached hydrogen (secondary N) is 4. The number of rotatable bonds is 15. The van der Waals surface area contributed by atoms with Crippen LogP contribution >= 0.6 is 0 Å². The third-order valence-electron chi connectivity index (χ3n) is 5.16. The summed E-state index contributed by atoms with van der Waals surface area (Å²) < 4.78 is 4.53. The molecule has 0 saturated heterocycles. The average molecular weight is 508 g/mol. The second kappa shape index (κ2) is 15.9. The number of esters is 1. The van der Waals surface area contributed by atoms with Crippen molar-refractivity contribution in [1.82, 2.24) is 21.0 Å². The minimum atomic E-state index is -1.02. The second-order valence-electron chi connectivity index (χ2n) is 8.14. The maximum Gasteiger partial charge on any atom is 0.306 e. The molecule has 1 aromatic carbocycles. The van der Waals surface area contributed by atoms with Crippen molar-refractivity contribution >= 4 is 29.7 Å². The van der Waals surface area contributed by atoms with Gasteiger partial charge in [0.05, 0.1) is 13.5 Å². The number of hydrazine groups is 1. The molecular weight excluding hydrogens is 470 g/mol. The van der Waals surface area contributed by atoms with E-state index in [9.17, 15) is 24.3 Å². The highest BCUT2D eigenvalue weighted by Gasteiger charge is 2.29. The first-order valence-electron chi connectivity index (χ1n) is 11.7. The van der Waals surface area contributed by atoms with E-state index in [0.29, 0.717) is 24.9 Å². The molecule has 3 amide bonds. The molecular formula is C23H37N7O6. The van der Waals surface area contributed by atoms with Gasteiger partial charge in [-0.2, -0.15) is 0 Å². The highest BCUT2D eigenvalue weighted by molar-refractivity contribution is 5.92. The van der Waals surface area contributed by atoms with Crippen molar-refractivity contribution in [1.29, 1.82) is 5.41 Å². The topological polar surface area (TPSA) is 213 Å². The normalized spacial score (nSPS) is 12.1. The number of carbonyl (C=O) groups is 4. The Labute approximate surface area is 210 Å². The van der Waals surface area contributed by atoms with Gasteiger partial charge in [-0.25, -0.2) is 5.84 Å². The minimum Gasteiger partial charge on any atom is -0.508 e. The molecule has 0 heterocycles. The Hall–Kier alpha value is -3.87. The SMILES string of the molecule is CCCN(N)C(=O)[C@H](Cc1ccc(O)cc1)NC(=O)[C@H](CCCNC(=N)N)NC(=O)CCC(=O)OC. The van der Waals surface area contributed by atoms with E-state index < -0.39 is 35.8 Å². The molecule has 13 nitrogen and oxygen atoms in total. The molecule has 0 radical (unpaired) electrons. The van der Waals surface area contributed by atoms with Crippen molar-refractivity contribution < 1.29 is 29.0 Å². The standard InChI is InChI=1S/C23H37N7O6/c1-3-13-30(26)22(35)18(14-15-6-8-16(31)9-7-15)29-21(34)17(5-4-12-27-23(24)25)28-19(32)10-11-20(33)36-2/h6-9,17-18,31H,3-5,10-14,26H2,1-2H3,(H,28,32)(H,29,34)(H4,24,25,27)/t17-,18-/m0/s1. The Morgan fingerprint density at radius 1 is 1.11 bits per heavy atom. The van der Waals surface area contributed by atoms with Crippen LogP contribution in [-0.4, -0.2) is 72.0 Å². The lowest BCUT2D eigenvalue weighted by molar-refractivity contribution is -0.142. The monoisotopic (exact) mass is 507 g/mol.